The standard InChI is InChI=1S/C22H24FN3O4/c1-25(29-2)21(28)20-22(11-6-12-27,15-7-4-3-5-8-15)19-14-30-18-10-9-16(23)13-17(18)26(19)24-20/h3-5,7-10,13,19,27H,6,11-12,14H2,1-2H3/t19?,22-/m1/s1. The zero-order valence-electron chi connectivity index (χ0n) is 16.9. The molecule has 158 valence electrons. The van der Waals surface area contributed by atoms with E-state index in [0.717, 1.165) is 10.6 Å². The Hall–Kier alpha value is -2.97. The molecular weight excluding hydrogens is 389 g/mol. The summed E-state index contributed by atoms with van der Waals surface area (Å²) in [5.74, 6) is -0.302. The van der Waals surface area contributed by atoms with Crippen LogP contribution >= 0.6 is 0 Å². The van der Waals surface area contributed by atoms with Crippen molar-refractivity contribution in [1.82, 2.24) is 5.06 Å². The highest BCUT2D eigenvalue weighted by Crippen LogP contribution is 2.48. The van der Waals surface area contributed by atoms with Crippen LogP contribution in [0.15, 0.2) is 53.6 Å². The van der Waals surface area contributed by atoms with Crippen LogP contribution in [0.4, 0.5) is 10.1 Å². The second-order valence-electron chi connectivity index (χ2n) is 7.38. The first-order chi connectivity index (χ1) is 14.5. The molecule has 2 aliphatic heterocycles. The van der Waals surface area contributed by atoms with Gasteiger partial charge in [0.1, 0.15) is 35.6 Å². The zero-order valence-corrected chi connectivity index (χ0v) is 16.9. The van der Waals surface area contributed by atoms with Gasteiger partial charge in [0.05, 0.1) is 12.5 Å². The van der Waals surface area contributed by atoms with E-state index in [1.54, 1.807) is 11.1 Å². The van der Waals surface area contributed by atoms with Gasteiger partial charge in [-0.25, -0.2) is 9.45 Å². The number of benzene rings is 2. The SMILES string of the molecule is CON(C)C(=O)C1=NN2c3cc(F)ccc3OCC2[C@@]1(CCCO)c1ccccc1. The molecule has 2 atom stereocenters. The predicted molar refractivity (Wildman–Crippen MR) is 110 cm³/mol. The van der Waals surface area contributed by atoms with Crippen LogP contribution in [0.3, 0.4) is 0 Å². The Balaban J connectivity index is 1.92. The molecule has 4 rings (SSSR count). The van der Waals surface area contributed by atoms with Crippen molar-refractivity contribution in [2.75, 3.05) is 32.4 Å². The average molecular weight is 413 g/mol. The largest absolute Gasteiger partial charge is 0.489 e. The van der Waals surface area contributed by atoms with Gasteiger partial charge in [0, 0.05) is 19.7 Å². The van der Waals surface area contributed by atoms with Crippen molar-refractivity contribution in [3.05, 3.63) is 59.9 Å². The van der Waals surface area contributed by atoms with E-state index in [1.807, 2.05) is 30.3 Å². The van der Waals surface area contributed by atoms with Crippen molar-refractivity contribution in [3.8, 4) is 5.75 Å². The first-order valence-corrected chi connectivity index (χ1v) is 9.82. The third-order valence-electron chi connectivity index (χ3n) is 5.84. The quantitative estimate of drug-likeness (QED) is 0.737. The highest BCUT2D eigenvalue weighted by atomic mass is 19.1. The average Bonchev–Trinajstić information content (AvgIpc) is 3.12. The molecule has 7 nitrogen and oxygen atoms in total. The van der Waals surface area contributed by atoms with E-state index in [0.29, 0.717) is 24.3 Å². The number of carbonyl (C=O) groups is 1. The fourth-order valence-corrected chi connectivity index (χ4v) is 4.35. The number of amides is 1. The lowest BCUT2D eigenvalue weighted by Gasteiger charge is -2.41. The lowest BCUT2D eigenvalue weighted by molar-refractivity contribution is -0.160. The van der Waals surface area contributed by atoms with Crippen molar-refractivity contribution >= 4 is 17.3 Å². The van der Waals surface area contributed by atoms with Crippen LogP contribution < -0.4 is 9.75 Å². The van der Waals surface area contributed by atoms with Crippen LogP contribution in [0.25, 0.3) is 0 Å². The van der Waals surface area contributed by atoms with E-state index in [2.05, 4.69) is 0 Å². The number of carbonyl (C=O) groups excluding carboxylic acids is 1. The molecule has 0 fully saturated rings. The number of hydrazone groups is 1. The molecule has 0 spiro atoms. The van der Waals surface area contributed by atoms with Crippen molar-refractivity contribution < 1.29 is 23.9 Å². The predicted octanol–water partition coefficient (Wildman–Crippen LogP) is 2.49. The van der Waals surface area contributed by atoms with Crippen LogP contribution in [0, 0.1) is 5.82 Å². The van der Waals surface area contributed by atoms with E-state index in [1.165, 1.54) is 26.3 Å². The molecule has 0 saturated carbocycles. The van der Waals surface area contributed by atoms with Gasteiger partial charge in [-0.2, -0.15) is 5.10 Å². The molecule has 8 heteroatoms. The second-order valence-corrected chi connectivity index (χ2v) is 7.38. The number of anilines is 1. The van der Waals surface area contributed by atoms with E-state index in [-0.39, 0.29) is 25.0 Å². The van der Waals surface area contributed by atoms with E-state index in [9.17, 15) is 14.3 Å². The molecule has 1 unspecified atom stereocenters. The maximum Gasteiger partial charge on any atom is 0.294 e. The summed E-state index contributed by atoms with van der Waals surface area (Å²) in [6.45, 7) is 0.227. The molecule has 0 radical (unpaired) electrons. The number of ether oxygens (including phenoxy) is 1. The lowest BCUT2D eigenvalue weighted by atomic mass is 9.67. The van der Waals surface area contributed by atoms with Crippen molar-refractivity contribution in [3.63, 3.8) is 0 Å². The summed E-state index contributed by atoms with van der Waals surface area (Å²) < 4.78 is 20.0. The van der Waals surface area contributed by atoms with Gasteiger partial charge in [-0.3, -0.25) is 14.6 Å². The van der Waals surface area contributed by atoms with Crippen molar-refractivity contribution in [2.24, 2.45) is 5.10 Å². The minimum Gasteiger partial charge on any atom is -0.489 e. The molecule has 2 aliphatic rings. The van der Waals surface area contributed by atoms with Gasteiger partial charge in [-0.15, -0.1) is 0 Å². The monoisotopic (exact) mass is 413 g/mol. The minimum absolute atomic E-state index is 0.0328. The fourth-order valence-electron chi connectivity index (χ4n) is 4.35. The van der Waals surface area contributed by atoms with E-state index < -0.39 is 17.1 Å². The molecular formula is C22H24FN3O4. The topological polar surface area (TPSA) is 74.6 Å². The first kappa shape index (κ1) is 20.3. The van der Waals surface area contributed by atoms with Gasteiger partial charge >= 0.3 is 0 Å². The van der Waals surface area contributed by atoms with Gasteiger partial charge in [0.2, 0.25) is 0 Å². The molecule has 2 aromatic rings. The number of rotatable bonds is 6. The molecule has 0 aromatic heterocycles. The summed E-state index contributed by atoms with van der Waals surface area (Å²) in [6, 6.07) is 13.5. The number of hydrogen-bond donors (Lipinski definition) is 1. The maximum absolute atomic E-state index is 14.0. The van der Waals surface area contributed by atoms with Crippen LogP contribution in [0.2, 0.25) is 0 Å². The lowest BCUT2D eigenvalue weighted by Crippen LogP contribution is -2.55. The Labute approximate surface area is 174 Å². The molecule has 0 aliphatic carbocycles. The summed E-state index contributed by atoms with van der Waals surface area (Å²) in [6.07, 6.45) is 0.920. The number of nitrogens with zero attached hydrogens (tertiary/aromatic N) is 3. The summed E-state index contributed by atoms with van der Waals surface area (Å²) in [5, 5.41) is 17.1. The molecule has 30 heavy (non-hydrogen) atoms. The normalized spacial score (nSPS) is 22.1. The minimum atomic E-state index is -0.863. The summed E-state index contributed by atoms with van der Waals surface area (Å²) in [7, 11) is 2.93. The number of aliphatic hydroxyl groups excluding tert-OH is 1. The summed E-state index contributed by atoms with van der Waals surface area (Å²) in [4.78, 5) is 18.5. The summed E-state index contributed by atoms with van der Waals surface area (Å²) in [5.41, 5.74) is 0.763. The van der Waals surface area contributed by atoms with Crippen LogP contribution in [-0.4, -0.2) is 55.2 Å². The van der Waals surface area contributed by atoms with E-state index >= 15 is 0 Å². The smallest absolute Gasteiger partial charge is 0.294 e. The third kappa shape index (κ3) is 3.12. The second kappa shape index (κ2) is 8.04. The van der Waals surface area contributed by atoms with E-state index in [4.69, 9.17) is 14.7 Å². The number of hydrogen-bond acceptors (Lipinski definition) is 6. The highest BCUT2D eigenvalue weighted by molar-refractivity contribution is 6.43. The van der Waals surface area contributed by atoms with Gasteiger partial charge in [-0.05, 0) is 30.5 Å². The Morgan fingerprint density at radius 1 is 1.37 bits per heavy atom. The number of fused-ring (bicyclic) bond motifs is 3. The maximum atomic E-state index is 14.0. The highest BCUT2D eigenvalue weighted by Gasteiger charge is 2.57. The van der Waals surface area contributed by atoms with Gasteiger partial charge < -0.3 is 9.84 Å². The number of hydroxylamine groups is 2. The molecule has 1 amide bonds. The van der Waals surface area contributed by atoms with Crippen LogP contribution in [0.5, 0.6) is 5.75 Å². The Bertz CT molecular complexity index is 968. The van der Waals surface area contributed by atoms with Gasteiger partial charge in [-0.1, -0.05) is 30.3 Å². The molecule has 0 bridgehead atoms. The zero-order chi connectivity index (χ0) is 21.3. The number of halogens is 1. The first-order valence-electron chi connectivity index (χ1n) is 9.82. The fraction of sp³-hybridized carbons (Fsp3) is 0.364. The number of aliphatic hydroxyl groups is 1. The van der Waals surface area contributed by atoms with Crippen LogP contribution in [-0.2, 0) is 15.0 Å². The van der Waals surface area contributed by atoms with Crippen molar-refractivity contribution in [1.29, 1.82) is 0 Å². The molecule has 0 saturated heterocycles. The van der Waals surface area contributed by atoms with Crippen molar-refractivity contribution in [2.45, 2.75) is 24.3 Å². The third-order valence-corrected chi connectivity index (χ3v) is 5.84. The molecule has 1 N–H and O–H groups in total. The Morgan fingerprint density at radius 2 is 2.13 bits per heavy atom. The molecule has 2 heterocycles. The van der Waals surface area contributed by atoms with Gasteiger partial charge in [0.15, 0.2) is 0 Å². The van der Waals surface area contributed by atoms with Gasteiger partial charge in [0.25, 0.3) is 5.91 Å². The van der Waals surface area contributed by atoms with Crippen LogP contribution in [0.1, 0.15) is 18.4 Å². The Morgan fingerprint density at radius 3 is 2.83 bits per heavy atom. The molecule has 2 aromatic carbocycles. The summed E-state index contributed by atoms with van der Waals surface area (Å²) >= 11 is 0. The Kier molecular flexibility index (Phi) is 5.44.